The van der Waals surface area contributed by atoms with Crippen LogP contribution in [-0.2, 0) is 24.3 Å². The second-order valence-electron chi connectivity index (χ2n) is 8.93. The summed E-state index contributed by atoms with van der Waals surface area (Å²) >= 11 is 0. The lowest BCUT2D eigenvalue weighted by atomic mass is 9.83. The van der Waals surface area contributed by atoms with E-state index in [0.29, 0.717) is 30.7 Å². The smallest absolute Gasteiger partial charge is 0.250 e. The standard InChI is InChI=1S/C24H29N3O4/c1-30-21-9-17-6-7-26(14-18(17)10-22(21)31-2)24(29)15-25-11-16-8-19(13-25)20-4-3-5-23(28)27(20)12-16/h3-5,9-10,16,19H,6-8,11-15H2,1-2H3. The number of rotatable bonds is 4. The number of fused-ring (bicyclic) bond motifs is 5. The van der Waals surface area contributed by atoms with Gasteiger partial charge in [0, 0.05) is 50.4 Å². The highest BCUT2D eigenvalue weighted by Gasteiger charge is 2.35. The molecule has 0 radical (unpaired) electrons. The molecule has 3 aliphatic rings. The lowest BCUT2D eigenvalue weighted by molar-refractivity contribution is -0.134. The predicted octanol–water partition coefficient (Wildman–Crippen LogP) is 1.87. The number of hydrogen-bond donors (Lipinski definition) is 0. The molecule has 2 aromatic rings. The van der Waals surface area contributed by atoms with E-state index in [0.717, 1.165) is 56.0 Å². The van der Waals surface area contributed by atoms with Gasteiger partial charge in [-0.15, -0.1) is 0 Å². The number of benzene rings is 1. The van der Waals surface area contributed by atoms with Crippen LogP contribution in [0.5, 0.6) is 11.5 Å². The van der Waals surface area contributed by atoms with E-state index < -0.39 is 0 Å². The van der Waals surface area contributed by atoms with Crippen molar-refractivity contribution in [2.24, 2.45) is 5.92 Å². The molecule has 3 aliphatic heterocycles. The van der Waals surface area contributed by atoms with Gasteiger partial charge in [-0.3, -0.25) is 14.5 Å². The molecule has 0 aliphatic carbocycles. The van der Waals surface area contributed by atoms with E-state index in [1.807, 2.05) is 27.7 Å². The zero-order valence-electron chi connectivity index (χ0n) is 18.2. The summed E-state index contributed by atoms with van der Waals surface area (Å²) < 4.78 is 12.8. The zero-order chi connectivity index (χ0) is 21.5. The largest absolute Gasteiger partial charge is 0.493 e. The van der Waals surface area contributed by atoms with Crippen molar-refractivity contribution in [3.05, 3.63) is 57.5 Å². The molecule has 0 N–H and O–H groups in total. The monoisotopic (exact) mass is 423 g/mol. The molecule has 7 nitrogen and oxygen atoms in total. The number of hydrogen-bond acceptors (Lipinski definition) is 5. The first kappa shape index (κ1) is 20.1. The van der Waals surface area contributed by atoms with Gasteiger partial charge in [0.1, 0.15) is 0 Å². The first-order chi connectivity index (χ1) is 15.1. The van der Waals surface area contributed by atoms with Gasteiger partial charge in [-0.2, -0.15) is 0 Å². The molecule has 31 heavy (non-hydrogen) atoms. The predicted molar refractivity (Wildman–Crippen MR) is 117 cm³/mol. The Labute approximate surface area is 182 Å². The Morgan fingerprint density at radius 2 is 1.84 bits per heavy atom. The first-order valence-corrected chi connectivity index (χ1v) is 11.0. The van der Waals surface area contributed by atoms with E-state index in [1.54, 1.807) is 20.3 Å². The fourth-order valence-electron chi connectivity index (χ4n) is 5.51. The fourth-order valence-corrected chi connectivity index (χ4v) is 5.51. The van der Waals surface area contributed by atoms with Crippen molar-refractivity contribution in [2.75, 3.05) is 40.4 Å². The summed E-state index contributed by atoms with van der Waals surface area (Å²) in [5.41, 5.74) is 3.56. The molecule has 0 saturated carbocycles. The molecule has 4 heterocycles. The van der Waals surface area contributed by atoms with Crippen LogP contribution in [0.2, 0.25) is 0 Å². The van der Waals surface area contributed by atoms with E-state index in [-0.39, 0.29) is 11.5 Å². The number of amides is 1. The van der Waals surface area contributed by atoms with Crippen LogP contribution in [0.4, 0.5) is 0 Å². The normalized spacial score (nSPS) is 22.5. The number of piperidine rings is 1. The molecule has 1 fully saturated rings. The van der Waals surface area contributed by atoms with Crippen molar-refractivity contribution in [1.82, 2.24) is 14.4 Å². The van der Waals surface area contributed by atoms with Crippen molar-refractivity contribution in [3.63, 3.8) is 0 Å². The van der Waals surface area contributed by atoms with Gasteiger partial charge in [-0.25, -0.2) is 0 Å². The molecule has 2 atom stereocenters. The van der Waals surface area contributed by atoms with Crippen LogP contribution in [0, 0.1) is 5.92 Å². The Morgan fingerprint density at radius 1 is 1.06 bits per heavy atom. The van der Waals surface area contributed by atoms with Gasteiger partial charge < -0.3 is 18.9 Å². The van der Waals surface area contributed by atoms with Crippen molar-refractivity contribution in [3.8, 4) is 11.5 Å². The minimum Gasteiger partial charge on any atom is -0.493 e. The van der Waals surface area contributed by atoms with Crippen molar-refractivity contribution in [2.45, 2.75) is 31.8 Å². The van der Waals surface area contributed by atoms with Crippen LogP contribution < -0.4 is 15.0 Å². The van der Waals surface area contributed by atoms with E-state index >= 15 is 0 Å². The molecular formula is C24H29N3O4. The van der Waals surface area contributed by atoms with E-state index in [2.05, 4.69) is 11.0 Å². The maximum Gasteiger partial charge on any atom is 0.250 e. The molecular weight excluding hydrogens is 394 g/mol. The summed E-state index contributed by atoms with van der Waals surface area (Å²) in [5.74, 6) is 2.37. The molecule has 2 unspecified atom stereocenters. The number of aromatic nitrogens is 1. The molecule has 1 aromatic heterocycles. The summed E-state index contributed by atoms with van der Waals surface area (Å²) in [6.07, 6.45) is 1.93. The first-order valence-electron chi connectivity index (χ1n) is 11.0. The number of nitrogens with zero attached hydrogens (tertiary/aromatic N) is 3. The van der Waals surface area contributed by atoms with Gasteiger partial charge in [0.15, 0.2) is 11.5 Å². The molecule has 1 aromatic carbocycles. The van der Waals surface area contributed by atoms with Gasteiger partial charge in [-0.1, -0.05) is 6.07 Å². The Kier molecular flexibility index (Phi) is 5.22. The lowest BCUT2D eigenvalue weighted by Crippen LogP contribution is -2.50. The maximum absolute atomic E-state index is 13.1. The highest BCUT2D eigenvalue weighted by Crippen LogP contribution is 2.36. The number of carbonyl (C=O) groups excluding carboxylic acids is 1. The molecule has 1 amide bonds. The number of likely N-dealkylation sites (tertiary alicyclic amines) is 1. The van der Waals surface area contributed by atoms with Crippen LogP contribution in [0.15, 0.2) is 35.1 Å². The Balaban J connectivity index is 1.27. The third-order valence-corrected chi connectivity index (χ3v) is 6.98. The average molecular weight is 424 g/mol. The average Bonchev–Trinajstić information content (AvgIpc) is 2.78. The molecule has 7 heteroatoms. The van der Waals surface area contributed by atoms with Crippen LogP contribution in [0.1, 0.15) is 29.2 Å². The Hall–Kier alpha value is -2.80. The lowest BCUT2D eigenvalue weighted by Gasteiger charge is -2.43. The number of carbonyl (C=O) groups is 1. The third kappa shape index (κ3) is 3.71. The van der Waals surface area contributed by atoms with Gasteiger partial charge >= 0.3 is 0 Å². The number of ether oxygens (including phenoxy) is 2. The SMILES string of the molecule is COc1cc2c(cc1OC)CN(C(=O)CN1CC3CC(C1)c1cccc(=O)n1C3)CC2. The summed E-state index contributed by atoms with van der Waals surface area (Å²) in [6, 6.07) is 9.59. The van der Waals surface area contributed by atoms with Gasteiger partial charge in [0.05, 0.1) is 20.8 Å². The number of methoxy groups -OCH3 is 2. The quantitative estimate of drug-likeness (QED) is 0.751. The van der Waals surface area contributed by atoms with Crippen molar-refractivity contribution in [1.29, 1.82) is 0 Å². The maximum atomic E-state index is 13.1. The molecule has 5 rings (SSSR count). The van der Waals surface area contributed by atoms with Crippen LogP contribution in [0.3, 0.4) is 0 Å². The number of pyridine rings is 1. The fraction of sp³-hybridized carbons (Fsp3) is 0.500. The highest BCUT2D eigenvalue weighted by atomic mass is 16.5. The Bertz CT molecular complexity index is 1060. The molecule has 2 bridgehead atoms. The van der Waals surface area contributed by atoms with E-state index in [1.165, 1.54) is 5.56 Å². The molecule has 0 spiro atoms. The second-order valence-corrected chi connectivity index (χ2v) is 8.93. The minimum absolute atomic E-state index is 0.0933. The van der Waals surface area contributed by atoms with Crippen LogP contribution >= 0.6 is 0 Å². The molecule has 164 valence electrons. The summed E-state index contributed by atoms with van der Waals surface area (Å²) in [5, 5.41) is 0. The Morgan fingerprint density at radius 3 is 2.61 bits per heavy atom. The second kappa shape index (κ2) is 8.04. The van der Waals surface area contributed by atoms with Gasteiger partial charge in [-0.05, 0) is 48.1 Å². The minimum atomic E-state index is 0.0933. The van der Waals surface area contributed by atoms with Crippen molar-refractivity contribution < 1.29 is 14.3 Å². The summed E-state index contributed by atoms with van der Waals surface area (Å²) in [7, 11) is 3.28. The van der Waals surface area contributed by atoms with Crippen LogP contribution in [-0.4, -0.2) is 60.7 Å². The molecule has 1 saturated heterocycles. The van der Waals surface area contributed by atoms with Crippen molar-refractivity contribution >= 4 is 5.91 Å². The third-order valence-electron chi connectivity index (χ3n) is 6.98. The van der Waals surface area contributed by atoms with Crippen LogP contribution in [0.25, 0.3) is 0 Å². The highest BCUT2D eigenvalue weighted by molar-refractivity contribution is 5.78. The van der Waals surface area contributed by atoms with Gasteiger partial charge in [0.2, 0.25) is 5.91 Å². The summed E-state index contributed by atoms with van der Waals surface area (Å²) in [6.45, 7) is 4.23. The summed E-state index contributed by atoms with van der Waals surface area (Å²) in [4.78, 5) is 29.6. The van der Waals surface area contributed by atoms with E-state index in [9.17, 15) is 9.59 Å². The van der Waals surface area contributed by atoms with Gasteiger partial charge in [0.25, 0.3) is 5.56 Å². The van der Waals surface area contributed by atoms with E-state index in [4.69, 9.17) is 9.47 Å². The topological polar surface area (TPSA) is 64.0 Å². The zero-order valence-corrected chi connectivity index (χ0v) is 18.2.